The number of hydrogen-bond acceptors (Lipinski definition) is 0. The van der Waals surface area contributed by atoms with E-state index in [-0.39, 0.29) is 225 Å². The van der Waals surface area contributed by atoms with Gasteiger partial charge in [-0.1, -0.05) is 0 Å². The molecule has 0 aromatic carbocycles. The average molecular weight is 750 g/mol. The van der Waals surface area contributed by atoms with Crippen molar-refractivity contribution in [3.05, 3.63) is 0 Å². The molecule has 0 rings (SSSR count). The van der Waals surface area contributed by atoms with Gasteiger partial charge >= 0.3 is 103 Å². The molecule has 57 valence electrons. The van der Waals surface area contributed by atoms with E-state index in [9.17, 15) is 0 Å². The largest absolute Gasteiger partial charge is 1.00 e. The van der Waals surface area contributed by atoms with Crippen LogP contribution in [0.2, 0.25) is 0 Å². The maximum atomic E-state index is 0. The van der Waals surface area contributed by atoms with Crippen molar-refractivity contribution >= 4 is 0 Å². The molecule has 0 heterocycles. The Hall–Kier alpha value is 6.80. The molecule has 1 radical (unpaired) electrons. The van der Waals surface area contributed by atoms with E-state index in [1.807, 2.05) is 0 Å². The van der Waals surface area contributed by atoms with Crippen molar-refractivity contribution in [2.24, 2.45) is 0 Å². The van der Waals surface area contributed by atoms with Gasteiger partial charge in [0.25, 0.3) is 0 Å². The quantitative estimate of drug-likeness (QED) is 0.216. The molecule has 0 atom stereocenters. The zero-order valence-electron chi connectivity index (χ0n) is 4.60. The molecule has 0 aliphatic carbocycles. The first-order chi connectivity index (χ1) is 0. The van der Waals surface area contributed by atoms with E-state index in [1.165, 1.54) is 0 Å². The van der Waals surface area contributed by atoms with E-state index in [0.29, 0.717) is 0 Å². The zero-order valence-corrected chi connectivity index (χ0v) is 22.8. The van der Waals surface area contributed by atoms with Crippen LogP contribution in [0.5, 0.6) is 0 Å². The molecule has 0 saturated carbocycles. The predicted molar refractivity (Wildman–Crippen MR) is 0 cm³/mol. The van der Waals surface area contributed by atoms with E-state index >= 15 is 0 Å². The number of halogens is 6. The van der Waals surface area contributed by atoms with Crippen molar-refractivity contribution < 1.29 is 225 Å². The third-order valence-electron chi connectivity index (χ3n) is 0. The Morgan fingerprint density at radius 1 is 0.333 bits per heavy atom. The molecule has 0 N–H and O–H groups in total. The minimum absolute atomic E-state index is 0. The van der Waals surface area contributed by atoms with Crippen LogP contribution in [0, 0.1) is 0 Å². The topological polar surface area (TPSA) is 0 Å². The second kappa shape index (κ2) is 60.9. The Labute approximate surface area is 218 Å². The summed E-state index contributed by atoms with van der Waals surface area (Å²) in [5.41, 5.74) is 0. The van der Waals surface area contributed by atoms with Crippen LogP contribution >= 0.6 is 0 Å². The molecule has 9 heteroatoms. The van der Waals surface area contributed by atoms with Gasteiger partial charge in [-0.05, 0) is 0 Å². The fourth-order valence-electron chi connectivity index (χ4n) is 0. The van der Waals surface area contributed by atoms with Crippen LogP contribution in [-0.4, -0.2) is 0 Å². The van der Waals surface area contributed by atoms with Crippen molar-refractivity contribution in [3.8, 4) is 0 Å². The molecule has 0 saturated heterocycles. The van der Waals surface area contributed by atoms with Crippen LogP contribution in [0.1, 0.15) is 0 Å². The summed E-state index contributed by atoms with van der Waals surface area (Å²) in [5, 5.41) is 0. The standard InChI is InChI=1S/6BrH.Ir.2K/h6*1H;;;/q;;;;;;;2*+1/p-6. The second-order valence-electron chi connectivity index (χ2n) is 0. The Kier molecular flexibility index (Phi) is 507. The molecular weight excluding hydrogens is 750 g/mol. The second-order valence-corrected chi connectivity index (χ2v) is 0. The monoisotopic (exact) mass is 744 g/mol. The smallest absolute Gasteiger partial charge is 1.00 e. The van der Waals surface area contributed by atoms with Crippen molar-refractivity contribution in [2.75, 3.05) is 0 Å². The van der Waals surface area contributed by atoms with Crippen molar-refractivity contribution in [2.45, 2.75) is 0 Å². The third-order valence-corrected chi connectivity index (χ3v) is 0. The molecule has 0 aliphatic heterocycles. The van der Waals surface area contributed by atoms with Gasteiger partial charge in [0.05, 0.1) is 0 Å². The number of hydrogen-bond donors (Lipinski definition) is 0. The first kappa shape index (κ1) is 74.8. The SMILES string of the molecule is [Br-].[Br-].[Br-].[Br-].[Br-].[Br-].[Ir].[K+].[K+]. The van der Waals surface area contributed by atoms with E-state index in [0.717, 1.165) is 0 Å². The van der Waals surface area contributed by atoms with Crippen molar-refractivity contribution in [3.63, 3.8) is 0 Å². The molecule has 0 fully saturated rings. The molecule has 0 aliphatic rings. The van der Waals surface area contributed by atoms with Gasteiger partial charge in [-0.2, -0.15) is 0 Å². The van der Waals surface area contributed by atoms with Crippen LogP contribution < -0.4 is 205 Å². The summed E-state index contributed by atoms with van der Waals surface area (Å²) >= 11 is 0. The van der Waals surface area contributed by atoms with Crippen LogP contribution in [-0.2, 0) is 20.1 Å². The van der Waals surface area contributed by atoms with Crippen molar-refractivity contribution in [1.82, 2.24) is 0 Å². The Morgan fingerprint density at radius 2 is 0.333 bits per heavy atom. The molecule has 0 aromatic heterocycles. The van der Waals surface area contributed by atoms with E-state index in [2.05, 4.69) is 0 Å². The van der Waals surface area contributed by atoms with Gasteiger partial charge < -0.3 is 102 Å². The minimum Gasteiger partial charge on any atom is -1.00 e. The Bertz CT molecular complexity index is 11.0. The van der Waals surface area contributed by atoms with Crippen LogP contribution in [0.4, 0.5) is 0 Å². The van der Waals surface area contributed by atoms with E-state index in [4.69, 9.17) is 0 Å². The Balaban J connectivity index is 0. The summed E-state index contributed by atoms with van der Waals surface area (Å²) in [5.74, 6) is 0. The summed E-state index contributed by atoms with van der Waals surface area (Å²) in [4.78, 5) is 0. The molecule has 0 unspecified atom stereocenters. The first-order valence-electron chi connectivity index (χ1n) is 0. The molecule has 0 spiro atoms. The van der Waals surface area contributed by atoms with Gasteiger partial charge in [-0.25, -0.2) is 0 Å². The van der Waals surface area contributed by atoms with Gasteiger partial charge in [-0.15, -0.1) is 0 Å². The molecule has 0 amide bonds. The van der Waals surface area contributed by atoms with Gasteiger partial charge in [0, 0.05) is 20.1 Å². The van der Waals surface area contributed by atoms with E-state index in [1.54, 1.807) is 0 Å². The van der Waals surface area contributed by atoms with Gasteiger partial charge in [-0.3, -0.25) is 0 Å². The summed E-state index contributed by atoms with van der Waals surface area (Å²) in [6, 6.07) is 0. The third kappa shape index (κ3) is 52.4. The fraction of sp³-hybridized carbons (Fsp3) is 0. The molecule has 9 heavy (non-hydrogen) atoms. The van der Waals surface area contributed by atoms with Crippen molar-refractivity contribution in [1.29, 1.82) is 0 Å². The first-order valence-corrected chi connectivity index (χ1v) is 0. The minimum atomic E-state index is 0. The number of rotatable bonds is 0. The normalized spacial score (nSPS) is 0. The van der Waals surface area contributed by atoms with Gasteiger partial charge in [0.1, 0.15) is 0 Å². The maximum absolute atomic E-state index is 0. The fourth-order valence-corrected chi connectivity index (χ4v) is 0. The summed E-state index contributed by atoms with van der Waals surface area (Å²) in [7, 11) is 0. The predicted octanol–water partition coefficient (Wildman–Crippen LogP) is -24.0. The Morgan fingerprint density at radius 3 is 0.333 bits per heavy atom. The van der Waals surface area contributed by atoms with Gasteiger partial charge in [0.15, 0.2) is 0 Å². The molecule has 0 nitrogen and oxygen atoms in total. The van der Waals surface area contributed by atoms with Gasteiger partial charge in [0.2, 0.25) is 0 Å². The summed E-state index contributed by atoms with van der Waals surface area (Å²) < 4.78 is 0. The van der Waals surface area contributed by atoms with Crippen LogP contribution in [0.25, 0.3) is 0 Å². The summed E-state index contributed by atoms with van der Waals surface area (Å²) in [6.07, 6.45) is 0. The van der Waals surface area contributed by atoms with Crippen LogP contribution in [0.3, 0.4) is 0 Å². The average Bonchev–Trinajstić information content (AvgIpc) is 0. The zero-order chi connectivity index (χ0) is 0. The summed E-state index contributed by atoms with van der Waals surface area (Å²) in [6.45, 7) is 0. The molecular formula is Br6IrK2-4. The molecule has 0 aromatic rings. The van der Waals surface area contributed by atoms with E-state index < -0.39 is 0 Å². The van der Waals surface area contributed by atoms with Crippen LogP contribution in [0.15, 0.2) is 0 Å². The maximum Gasteiger partial charge on any atom is 1.00 e. The molecule has 0 bridgehead atoms.